The molecule has 0 atom stereocenters. The second-order valence-corrected chi connectivity index (χ2v) is 19.5. The molecule has 0 amide bonds. The second kappa shape index (κ2) is 42.0. The van der Waals surface area contributed by atoms with Gasteiger partial charge >= 0.3 is 16.5 Å². The van der Waals surface area contributed by atoms with Crippen molar-refractivity contribution in [2.45, 2.75) is 273 Å². The number of nitrogens with zero attached hydrogens (tertiary/aromatic N) is 2. The summed E-state index contributed by atoms with van der Waals surface area (Å²) in [5.41, 5.74) is 11.6. The van der Waals surface area contributed by atoms with Gasteiger partial charge in [0.05, 0.1) is 22.8 Å². The zero-order valence-corrected chi connectivity index (χ0v) is 45.5. The molecule has 380 valence electrons. The molecule has 5 heteroatoms. The Morgan fingerprint density at radius 3 is 1.07 bits per heavy atom. The molecule has 0 radical (unpaired) electrons. The van der Waals surface area contributed by atoms with Crippen LogP contribution in [-0.2, 0) is 48.6 Å². The molecule has 3 aromatic rings. The van der Waals surface area contributed by atoms with Gasteiger partial charge in [-0.25, -0.2) is 0 Å². The van der Waals surface area contributed by atoms with Crippen molar-refractivity contribution in [3.05, 3.63) is 82.4 Å². The van der Waals surface area contributed by atoms with E-state index in [1.165, 1.54) is 213 Å². The minimum atomic E-state index is -0.403. The first-order valence-corrected chi connectivity index (χ1v) is 28.2. The molecule has 0 saturated carbocycles. The average molecular weight is 964 g/mol. The van der Waals surface area contributed by atoms with Crippen LogP contribution in [0.1, 0.15) is 269 Å². The summed E-state index contributed by atoms with van der Waals surface area (Å²) < 4.78 is 0. The van der Waals surface area contributed by atoms with E-state index in [1.807, 2.05) is 0 Å². The van der Waals surface area contributed by atoms with Gasteiger partial charge in [0, 0.05) is 0 Å². The first-order chi connectivity index (χ1) is 32.3. The summed E-state index contributed by atoms with van der Waals surface area (Å²) >= 11 is 0. The Hall–Kier alpha value is -2.91. The average Bonchev–Trinajstić information content (AvgIpc) is 3.31. The molecule has 0 spiro atoms. The van der Waals surface area contributed by atoms with Crippen LogP contribution in [0.15, 0.2) is 64.6 Å². The molecule has 0 heterocycles. The summed E-state index contributed by atoms with van der Waals surface area (Å²) in [6.45, 7) is 15.9. The first-order valence-electron chi connectivity index (χ1n) is 28.2. The number of rotatable bonds is 38. The molecule has 0 bridgehead atoms. The Labute approximate surface area is 424 Å². The van der Waals surface area contributed by atoms with E-state index in [4.69, 9.17) is 9.98 Å². The number of aliphatic imine (C=N–C) groups is 2. The third kappa shape index (κ3) is 29.0. The Bertz CT molecular complexity index is 1710. The normalized spacial score (nSPS) is 11.7. The topological polar surface area (TPSA) is 70.8 Å². The molecule has 0 aliphatic rings. The maximum Gasteiger partial charge on any atom is 2.00 e. The number of hydrogen-bond donors (Lipinski definition) is 0. The standard InChI is InChI=1S/C51H86N2.C11H16O2.Ni/c1-7-13-15-16-17-18-19-20-21-22-23-24-25-26-27-28-29-30-31-37-51(53-49-41-39-45(33-10-4)47(43-49)35-12-6)50(36-14-8-2)52-48-40-38-44(32-9-3)46(42-48)34-11-5;1-2-3-4-5-9-6-7-10(12)11(13)8-9;/h38-43H,7-37H2,1-6H3;6-8,12-13H,2-5H2,1H3;/q;;+2/p-2. The monoisotopic (exact) mass is 963 g/mol. The van der Waals surface area contributed by atoms with Crippen LogP contribution in [0.2, 0.25) is 0 Å². The van der Waals surface area contributed by atoms with Gasteiger partial charge in [0.2, 0.25) is 0 Å². The second-order valence-electron chi connectivity index (χ2n) is 19.5. The van der Waals surface area contributed by atoms with Crippen LogP contribution < -0.4 is 10.2 Å². The number of unbranched alkanes of at least 4 members (excludes halogenated alkanes) is 21. The van der Waals surface area contributed by atoms with Crippen LogP contribution in [0.3, 0.4) is 0 Å². The Morgan fingerprint density at radius 2 is 0.687 bits per heavy atom. The van der Waals surface area contributed by atoms with Crippen molar-refractivity contribution in [3.8, 4) is 11.5 Å². The Morgan fingerprint density at radius 1 is 0.328 bits per heavy atom. The SMILES string of the molecule is CCCCCCCCCCCCCCCCCCCCCC(=Nc1ccc(CCC)c(CCC)c1)C(CCCC)=Nc1ccc(CCC)c(CCC)c1.CCCCCc1ccc([O-])c([O-])c1.[Ni+2]. The van der Waals surface area contributed by atoms with Crippen LogP contribution in [0.25, 0.3) is 0 Å². The van der Waals surface area contributed by atoms with Gasteiger partial charge in [-0.2, -0.15) is 0 Å². The third-order valence-electron chi connectivity index (χ3n) is 13.2. The molecule has 3 rings (SSSR count). The zero-order valence-electron chi connectivity index (χ0n) is 44.5. The third-order valence-corrected chi connectivity index (χ3v) is 13.2. The van der Waals surface area contributed by atoms with Gasteiger partial charge in [0.15, 0.2) is 0 Å². The van der Waals surface area contributed by atoms with Crippen LogP contribution in [0, 0.1) is 0 Å². The van der Waals surface area contributed by atoms with Gasteiger partial charge in [-0.3, -0.25) is 9.98 Å². The summed E-state index contributed by atoms with van der Waals surface area (Å²) in [6.07, 6.45) is 44.8. The van der Waals surface area contributed by atoms with Crippen molar-refractivity contribution in [2.24, 2.45) is 9.98 Å². The first kappa shape index (κ1) is 62.1. The van der Waals surface area contributed by atoms with E-state index in [2.05, 4.69) is 84.9 Å². The summed E-state index contributed by atoms with van der Waals surface area (Å²) in [5.74, 6) is -0.784. The van der Waals surface area contributed by atoms with E-state index in [1.54, 1.807) is 6.07 Å². The number of hydrogen-bond acceptors (Lipinski definition) is 4. The summed E-state index contributed by atoms with van der Waals surface area (Å²) in [7, 11) is 0. The molecule has 0 aliphatic heterocycles. The van der Waals surface area contributed by atoms with Crippen LogP contribution >= 0.6 is 0 Å². The Kier molecular flexibility index (Phi) is 38.9. The molecule has 0 saturated heterocycles. The smallest absolute Gasteiger partial charge is 0.873 e. The minimum absolute atomic E-state index is 0. The van der Waals surface area contributed by atoms with Crippen molar-refractivity contribution in [1.29, 1.82) is 0 Å². The summed E-state index contributed by atoms with van der Waals surface area (Å²) in [6, 6.07) is 18.6. The molecule has 0 fully saturated rings. The Balaban J connectivity index is 0.00000137. The quantitative estimate of drug-likeness (QED) is 0.0326. The van der Waals surface area contributed by atoms with Gasteiger partial charge in [-0.15, -0.1) is 11.5 Å². The van der Waals surface area contributed by atoms with Gasteiger partial charge < -0.3 is 10.2 Å². The maximum atomic E-state index is 11.0. The van der Waals surface area contributed by atoms with Crippen LogP contribution in [-0.4, -0.2) is 11.4 Å². The van der Waals surface area contributed by atoms with E-state index in [9.17, 15) is 10.2 Å². The van der Waals surface area contributed by atoms with Gasteiger partial charge in [0.25, 0.3) is 0 Å². The molecular formula is C62H100N2NiO2. The van der Waals surface area contributed by atoms with Crippen molar-refractivity contribution in [1.82, 2.24) is 0 Å². The van der Waals surface area contributed by atoms with Crippen LogP contribution in [0.4, 0.5) is 11.4 Å². The van der Waals surface area contributed by atoms with Gasteiger partial charge in [0.1, 0.15) is 0 Å². The summed E-state index contributed by atoms with van der Waals surface area (Å²) in [5, 5.41) is 21.7. The fraction of sp³-hybridized carbons (Fsp3) is 0.677. The molecule has 0 aromatic heterocycles. The maximum absolute atomic E-state index is 11.0. The van der Waals surface area contributed by atoms with Crippen molar-refractivity contribution >= 4 is 22.8 Å². The van der Waals surface area contributed by atoms with Crippen LogP contribution in [0.5, 0.6) is 11.5 Å². The fourth-order valence-corrected chi connectivity index (χ4v) is 9.24. The van der Waals surface area contributed by atoms with Crippen molar-refractivity contribution in [2.75, 3.05) is 0 Å². The largest absolute Gasteiger partial charge is 2.00 e. The number of aryl methyl sites for hydroxylation is 5. The zero-order chi connectivity index (χ0) is 47.9. The van der Waals surface area contributed by atoms with Gasteiger partial charge in [-0.05, 0) is 116 Å². The molecular weight excluding hydrogens is 863 g/mol. The predicted molar refractivity (Wildman–Crippen MR) is 289 cm³/mol. The molecule has 0 N–H and O–H groups in total. The number of benzene rings is 3. The van der Waals surface area contributed by atoms with Crippen molar-refractivity contribution < 1.29 is 26.7 Å². The van der Waals surface area contributed by atoms with Gasteiger partial charge in [-0.1, -0.05) is 239 Å². The van der Waals surface area contributed by atoms with Crippen molar-refractivity contribution in [3.63, 3.8) is 0 Å². The molecule has 0 aliphatic carbocycles. The van der Waals surface area contributed by atoms with E-state index < -0.39 is 5.75 Å². The molecule has 67 heavy (non-hydrogen) atoms. The van der Waals surface area contributed by atoms with E-state index in [-0.39, 0.29) is 22.2 Å². The van der Waals surface area contributed by atoms with E-state index in [0.717, 1.165) is 74.7 Å². The predicted octanol–water partition coefficient (Wildman–Crippen LogP) is 18.9. The summed E-state index contributed by atoms with van der Waals surface area (Å²) in [4.78, 5) is 10.9. The fourth-order valence-electron chi connectivity index (χ4n) is 9.24. The molecule has 3 aromatic carbocycles. The molecule has 0 unspecified atom stereocenters. The molecule has 4 nitrogen and oxygen atoms in total. The van der Waals surface area contributed by atoms with E-state index >= 15 is 0 Å². The van der Waals surface area contributed by atoms with E-state index in [0.29, 0.717) is 0 Å². The minimum Gasteiger partial charge on any atom is -0.873 e.